The molecule has 4 nitrogen and oxygen atoms in total. The third-order valence-electron chi connectivity index (χ3n) is 2.92. The summed E-state index contributed by atoms with van der Waals surface area (Å²) >= 11 is 0. The summed E-state index contributed by atoms with van der Waals surface area (Å²) in [5, 5.41) is 4.44. The molecular formula is C13H15NO3S. The van der Waals surface area contributed by atoms with Crippen molar-refractivity contribution in [1.82, 2.24) is 5.32 Å². The second-order valence-corrected chi connectivity index (χ2v) is 5.59. The van der Waals surface area contributed by atoms with E-state index in [2.05, 4.69) is 5.32 Å². The van der Waals surface area contributed by atoms with Crippen LogP contribution in [0.3, 0.4) is 0 Å². The molecule has 0 aliphatic heterocycles. The fourth-order valence-electron chi connectivity index (χ4n) is 2.19. The van der Waals surface area contributed by atoms with Gasteiger partial charge in [-0.2, -0.15) is 8.42 Å². The standard InChI is InChI=1S/C13H15NO3S/c1-9-6-7-11-10(8-14-2)4-3-5-12(11)13(9)18(15,16)17/h3-7,14H,8H2,1-2H3,(H,15,16,17). The molecule has 0 aliphatic rings. The molecular weight excluding hydrogens is 250 g/mol. The van der Waals surface area contributed by atoms with Gasteiger partial charge in [0.2, 0.25) is 0 Å². The summed E-state index contributed by atoms with van der Waals surface area (Å²) in [6.45, 7) is 2.32. The second-order valence-electron chi connectivity index (χ2n) is 4.23. The summed E-state index contributed by atoms with van der Waals surface area (Å²) in [4.78, 5) is -0.00190. The predicted molar refractivity (Wildman–Crippen MR) is 71.3 cm³/mol. The fraction of sp³-hybridized carbons (Fsp3) is 0.231. The van der Waals surface area contributed by atoms with Crippen molar-refractivity contribution in [1.29, 1.82) is 0 Å². The van der Waals surface area contributed by atoms with E-state index in [1.807, 2.05) is 19.2 Å². The van der Waals surface area contributed by atoms with Crippen molar-refractivity contribution in [3.63, 3.8) is 0 Å². The maximum atomic E-state index is 11.5. The van der Waals surface area contributed by atoms with E-state index in [4.69, 9.17) is 0 Å². The first-order chi connectivity index (χ1) is 8.45. The maximum absolute atomic E-state index is 11.5. The van der Waals surface area contributed by atoms with Gasteiger partial charge >= 0.3 is 0 Å². The zero-order valence-electron chi connectivity index (χ0n) is 10.3. The molecule has 2 aromatic rings. The van der Waals surface area contributed by atoms with E-state index in [-0.39, 0.29) is 4.90 Å². The highest BCUT2D eigenvalue weighted by Gasteiger charge is 2.17. The van der Waals surface area contributed by atoms with E-state index < -0.39 is 10.1 Å². The van der Waals surface area contributed by atoms with Crippen LogP contribution in [0, 0.1) is 6.92 Å². The Kier molecular flexibility index (Phi) is 3.38. The third kappa shape index (κ3) is 2.25. The highest BCUT2D eigenvalue weighted by atomic mass is 32.2. The number of rotatable bonds is 3. The topological polar surface area (TPSA) is 66.4 Å². The molecule has 0 aliphatic carbocycles. The Morgan fingerprint density at radius 2 is 1.89 bits per heavy atom. The van der Waals surface area contributed by atoms with Gasteiger partial charge in [-0.15, -0.1) is 0 Å². The lowest BCUT2D eigenvalue weighted by atomic mass is 10.0. The van der Waals surface area contributed by atoms with Crippen molar-refractivity contribution in [2.24, 2.45) is 0 Å². The van der Waals surface area contributed by atoms with Crippen LogP contribution in [0.15, 0.2) is 35.2 Å². The number of hydrogen-bond acceptors (Lipinski definition) is 3. The Bertz CT molecular complexity index is 693. The molecule has 0 saturated carbocycles. The van der Waals surface area contributed by atoms with Gasteiger partial charge in [0.15, 0.2) is 0 Å². The summed E-state index contributed by atoms with van der Waals surface area (Å²) < 4.78 is 32.3. The molecule has 0 saturated heterocycles. The first-order valence-corrected chi connectivity index (χ1v) is 7.02. The quantitative estimate of drug-likeness (QED) is 0.834. The largest absolute Gasteiger partial charge is 0.316 e. The average Bonchev–Trinajstić information content (AvgIpc) is 2.27. The van der Waals surface area contributed by atoms with Crippen LogP contribution >= 0.6 is 0 Å². The molecule has 0 spiro atoms. The zero-order chi connectivity index (χ0) is 13.3. The van der Waals surface area contributed by atoms with Gasteiger partial charge in [0.1, 0.15) is 4.90 Å². The molecule has 0 bridgehead atoms. The first-order valence-electron chi connectivity index (χ1n) is 5.58. The van der Waals surface area contributed by atoms with E-state index in [0.29, 0.717) is 17.5 Å². The van der Waals surface area contributed by atoms with Crippen molar-refractivity contribution in [2.75, 3.05) is 7.05 Å². The van der Waals surface area contributed by atoms with Gasteiger partial charge in [-0.1, -0.05) is 30.3 Å². The molecule has 0 atom stereocenters. The number of hydrogen-bond donors (Lipinski definition) is 2. The number of aryl methyl sites for hydroxylation is 1. The Hall–Kier alpha value is -1.43. The molecule has 0 amide bonds. The van der Waals surface area contributed by atoms with Crippen LogP contribution in [0.5, 0.6) is 0 Å². The monoisotopic (exact) mass is 265 g/mol. The summed E-state index contributed by atoms with van der Waals surface area (Å²) in [6.07, 6.45) is 0. The van der Waals surface area contributed by atoms with Gasteiger partial charge in [0.25, 0.3) is 10.1 Å². The molecule has 18 heavy (non-hydrogen) atoms. The van der Waals surface area contributed by atoms with Crippen molar-refractivity contribution >= 4 is 20.9 Å². The smallest absolute Gasteiger partial charge is 0.295 e. The molecule has 0 radical (unpaired) electrons. The van der Waals surface area contributed by atoms with E-state index >= 15 is 0 Å². The van der Waals surface area contributed by atoms with Gasteiger partial charge in [-0.05, 0) is 30.5 Å². The molecule has 2 N–H and O–H groups in total. The van der Waals surface area contributed by atoms with Crippen LogP contribution in [0.2, 0.25) is 0 Å². The van der Waals surface area contributed by atoms with Gasteiger partial charge in [0.05, 0.1) is 0 Å². The second kappa shape index (κ2) is 4.68. The molecule has 0 heterocycles. The Morgan fingerprint density at radius 3 is 2.50 bits per heavy atom. The summed E-state index contributed by atoms with van der Waals surface area (Å²) in [7, 11) is -2.38. The average molecular weight is 265 g/mol. The van der Waals surface area contributed by atoms with Crippen molar-refractivity contribution in [3.8, 4) is 0 Å². The first kappa shape index (κ1) is 13.0. The van der Waals surface area contributed by atoms with Gasteiger partial charge < -0.3 is 5.32 Å². The SMILES string of the molecule is CNCc1cccc2c(S(=O)(=O)O)c(C)ccc12. The highest BCUT2D eigenvalue weighted by Crippen LogP contribution is 2.28. The third-order valence-corrected chi connectivity index (χ3v) is 3.98. The maximum Gasteiger partial charge on any atom is 0.295 e. The van der Waals surface area contributed by atoms with E-state index in [0.717, 1.165) is 10.9 Å². The Labute approximate surface area is 106 Å². The van der Waals surface area contributed by atoms with Crippen LogP contribution in [-0.4, -0.2) is 20.0 Å². The van der Waals surface area contributed by atoms with Crippen molar-refractivity contribution < 1.29 is 13.0 Å². The lowest BCUT2D eigenvalue weighted by Crippen LogP contribution is -2.07. The van der Waals surface area contributed by atoms with Crippen LogP contribution < -0.4 is 5.32 Å². The lowest BCUT2D eigenvalue weighted by molar-refractivity contribution is 0.483. The van der Waals surface area contributed by atoms with Crippen molar-refractivity contribution in [2.45, 2.75) is 18.4 Å². The minimum atomic E-state index is -4.21. The minimum absolute atomic E-state index is 0.00190. The molecule has 96 valence electrons. The molecule has 0 aromatic heterocycles. The van der Waals surface area contributed by atoms with Gasteiger partial charge in [-0.25, -0.2) is 0 Å². The van der Waals surface area contributed by atoms with Gasteiger partial charge in [-0.3, -0.25) is 4.55 Å². The number of nitrogens with one attached hydrogen (secondary N) is 1. The van der Waals surface area contributed by atoms with Gasteiger partial charge in [0, 0.05) is 11.9 Å². The van der Waals surface area contributed by atoms with Crippen molar-refractivity contribution in [3.05, 3.63) is 41.5 Å². The number of fused-ring (bicyclic) bond motifs is 1. The number of benzene rings is 2. The lowest BCUT2D eigenvalue weighted by Gasteiger charge is -2.11. The van der Waals surface area contributed by atoms with E-state index in [9.17, 15) is 13.0 Å². The van der Waals surface area contributed by atoms with Crippen LogP contribution in [0.4, 0.5) is 0 Å². The molecule has 5 heteroatoms. The highest BCUT2D eigenvalue weighted by molar-refractivity contribution is 7.86. The van der Waals surface area contributed by atoms with Crippen LogP contribution in [0.25, 0.3) is 10.8 Å². The Balaban J connectivity index is 2.87. The summed E-state index contributed by atoms with van der Waals surface area (Å²) in [6, 6.07) is 9.03. The minimum Gasteiger partial charge on any atom is -0.316 e. The normalized spacial score (nSPS) is 11.9. The predicted octanol–water partition coefficient (Wildman–Crippen LogP) is 2.11. The van der Waals surface area contributed by atoms with E-state index in [1.54, 1.807) is 25.1 Å². The summed E-state index contributed by atoms with van der Waals surface area (Å²) in [5.41, 5.74) is 1.55. The fourth-order valence-corrected chi connectivity index (χ4v) is 3.12. The molecule has 2 rings (SSSR count). The molecule has 0 fully saturated rings. The molecule has 2 aromatic carbocycles. The molecule has 0 unspecified atom stereocenters. The van der Waals surface area contributed by atoms with Crippen LogP contribution in [0.1, 0.15) is 11.1 Å². The Morgan fingerprint density at radius 1 is 1.17 bits per heavy atom. The summed E-state index contributed by atoms with van der Waals surface area (Å²) in [5.74, 6) is 0. The van der Waals surface area contributed by atoms with E-state index in [1.165, 1.54) is 0 Å². The van der Waals surface area contributed by atoms with Crippen LogP contribution in [-0.2, 0) is 16.7 Å². The zero-order valence-corrected chi connectivity index (χ0v) is 11.1.